The van der Waals surface area contributed by atoms with Gasteiger partial charge in [-0.15, -0.1) is 5.10 Å². The molecular formula is C11H19N5O2. The molecule has 1 aliphatic rings. The summed E-state index contributed by atoms with van der Waals surface area (Å²) in [4.78, 5) is 10.9. The van der Waals surface area contributed by atoms with Crippen LogP contribution in [0.15, 0.2) is 4.42 Å². The van der Waals surface area contributed by atoms with Crippen LogP contribution < -0.4 is 16.4 Å². The van der Waals surface area contributed by atoms with Crippen LogP contribution in [0.1, 0.15) is 39.0 Å². The summed E-state index contributed by atoms with van der Waals surface area (Å²) >= 11 is 0. The molecular weight excluding hydrogens is 234 g/mol. The Bertz CT molecular complexity index is 425. The van der Waals surface area contributed by atoms with E-state index in [1.54, 1.807) is 0 Å². The minimum atomic E-state index is -0.500. The van der Waals surface area contributed by atoms with E-state index in [-0.39, 0.29) is 12.3 Å². The fraction of sp³-hybridized carbons (Fsp3) is 0.727. The molecule has 18 heavy (non-hydrogen) atoms. The van der Waals surface area contributed by atoms with Gasteiger partial charge in [-0.1, -0.05) is 5.10 Å². The number of hydrogen-bond acceptors (Lipinski definition) is 6. The fourth-order valence-corrected chi connectivity index (χ4v) is 1.66. The van der Waals surface area contributed by atoms with Crippen LogP contribution in [0.4, 0.5) is 6.01 Å². The number of nitrogens with zero attached hydrogens (tertiary/aromatic N) is 2. The Morgan fingerprint density at radius 3 is 2.83 bits per heavy atom. The van der Waals surface area contributed by atoms with Crippen molar-refractivity contribution in [2.75, 3.05) is 5.32 Å². The van der Waals surface area contributed by atoms with E-state index in [0.29, 0.717) is 24.5 Å². The van der Waals surface area contributed by atoms with Gasteiger partial charge in [0.25, 0.3) is 0 Å². The Morgan fingerprint density at radius 2 is 2.22 bits per heavy atom. The van der Waals surface area contributed by atoms with E-state index in [2.05, 4.69) is 20.8 Å². The van der Waals surface area contributed by atoms with E-state index >= 15 is 0 Å². The summed E-state index contributed by atoms with van der Waals surface area (Å²) < 4.78 is 5.43. The van der Waals surface area contributed by atoms with Crippen molar-refractivity contribution in [2.24, 2.45) is 5.73 Å². The molecule has 2 rings (SSSR count). The first kappa shape index (κ1) is 12.8. The lowest BCUT2D eigenvalue weighted by atomic mass is 10.0. The molecule has 1 aromatic rings. The van der Waals surface area contributed by atoms with Crippen LogP contribution in [-0.4, -0.2) is 27.7 Å². The van der Waals surface area contributed by atoms with Gasteiger partial charge in [0.2, 0.25) is 11.8 Å². The quantitative estimate of drug-likeness (QED) is 0.649. The first-order valence-corrected chi connectivity index (χ1v) is 6.07. The zero-order valence-electron chi connectivity index (χ0n) is 10.7. The molecule has 1 saturated carbocycles. The van der Waals surface area contributed by atoms with Gasteiger partial charge in [-0.25, -0.2) is 0 Å². The summed E-state index contributed by atoms with van der Waals surface area (Å²) in [6.45, 7) is 4.28. The molecule has 100 valence electrons. The molecule has 0 spiro atoms. The maximum atomic E-state index is 10.9. The van der Waals surface area contributed by atoms with Crippen LogP contribution in [0.3, 0.4) is 0 Å². The topological polar surface area (TPSA) is 106 Å². The van der Waals surface area contributed by atoms with Crippen molar-refractivity contribution in [1.82, 2.24) is 15.5 Å². The summed E-state index contributed by atoms with van der Waals surface area (Å²) in [5.74, 6) is 0.168. The predicted molar refractivity (Wildman–Crippen MR) is 65.7 cm³/mol. The van der Waals surface area contributed by atoms with E-state index in [4.69, 9.17) is 10.2 Å². The van der Waals surface area contributed by atoms with E-state index < -0.39 is 5.54 Å². The molecule has 7 nitrogen and oxygen atoms in total. The number of carbonyl (C=O) groups is 1. The number of carbonyl (C=O) groups excluding carboxylic acids is 1. The molecule has 1 heterocycles. The van der Waals surface area contributed by atoms with Crippen molar-refractivity contribution in [1.29, 1.82) is 0 Å². The maximum Gasteiger partial charge on any atom is 0.315 e. The lowest BCUT2D eigenvalue weighted by Gasteiger charge is -2.22. The van der Waals surface area contributed by atoms with Crippen molar-refractivity contribution >= 4 is 11.9 Å². The molecule has 0 atom stereocenters. The molecule has 0 saturated heterocycles. The first-order chi connectivity index (χ1) is 8.44. The maximum absolute atomic E-state index is 10.9. The first-order valence-electron chi connectivity index (χ1n) is 6.07. The normalized spacial score (nSPS) is 15.7. The van der Waals surface area contributed by atoms with Crippen molar-refractivity contribution in [3.63, 3.8) is 0 Å². The Morgan fingerprint density at radius 1 is 1.50 bits per heavy atom. The molecule has 1 fully saturated rings. The standard InChI is InChI=1S/C11H19N5O2/c1-11(2,5-8(12)17)14-10-16-15-9(18-10)6-13-7-3-4-7/h7,13H,3-6H2,1-2H3,(H2,12,17)(H,14,16). The van der Waals surface area contributed by atoms with Gasteiger partial charge in [0.1, 0.15) is 0 Å². The third-order valence-corrected chi connectivity index (χ3v) is 2.65. The molecule has 1 aromatic heterocycles. The Kier molecular flexibility index (Phi) is 3.51. The minimum Gasteiger partial charge on any atom is -0.407 e. The Labute approximate surface area is 106 Å². The van der Waals surface area contributed by atoms with E-state index in [9.17, 15) is 4.79 Å². The van der Waals surface area contributed by atoms with Crippen LogP contribution >= 0.6 is 0 Å². The number of primary amides is 1. The number of hydrogen-bond donors (Lipinski definition) is 3. The number of amides is 1. The third kappa shape index (κ3) is 3.99. The largest absolute Gasteiger partial charge is 0.407 e. The van der Waals surface area contributed by atoms with Crippen molar-refractivity contribution in [3.05, 3.63) is 5.89 Å². The van der Waals surface area contributed by atoms with E-state index in [1.807, 2.05) is 13.8 Å². The van der Waals surface area contributed by atoms with Gasteiger partial charge < -0.3 is 20.8 Å². The van der Waals surface area contributed by atoms with Crippen molar-refractivity contribution in [2.45, 2.75) is 51.2 Å². The SMILES string of the molecule is CC(C)(CC(N)=O)Nc1nnc(CNC2CC2)o1. The average Bonchev–Trinajstić information content (AvgIpc) is 2.95. The van der Waals surface area contributed by atoms with Gasteiger partial charge in [-0.3, -0.25) is 4.79 Å². The molecule has 0 aliphatic heterocycles. The zero-order chi connectivity index (χ0) is 13.2. The predicted octanol–water partition coefficient (Wildman–Crippen LogP) is 0.388. The summed E-state index contributed by atoms with van der Waals surface area (Å²) in [5, 5.41) is 14.1. The smallest absolute Gasteiger partial charge is 0.315 e. The second kappa shape index (κ2) is 4.93. The molecule has 0 bridgehead atoms. The van der Waals surface area contributed by atoms with Crippen LogP contribution in [0.2, 0.25) is 0 Å². The van der Waals surface area contributed by atoms with Crippen LogP contribution in [0, 0.1) is 0 Å². The van der Waals surface area contributed by atoms with Crippen LogP contribution in [-0.2, 0) is 11.3 Å². The van der Waals surface area contributed by atoms with E-state index in [1.165, 1.54) is 12.8 Å². The van der Waals surface area contributed by atoms with E-state index in [0.717, 1.165) is 0 Å². The van der Waals surface area contributed by atoms with Crippen LogP contribution in [0.5, 0.6) is 0 Å². The van der Waals surface area contributed by atoms with Gasteiger partial charge in [0, 0.05) is 18.0 Å². The van der Waals surface area contributed by atoms with Gasteiger partial charge >= 0.3 is 6.01 Å². The minimum absolute atomic E-state index is 0.199. The summed E-state index contributed by atoms with van der Waals surface area (Å²) in [6, 6.07) is 0.911. The number of anilines is 1. The van der Waals surface area contributed by atoms with Gasteiger partial charge in [-0.05, 0) is 26.7 Å². The molecule has 4 N–H and O–H groups in total. The van der Waals surface area contributed by atoms with Crippen molar-refractivity contribution < 1.29 is 9.21 Å². The highest BCUT2D eigenvalue weighted by atomic mass is 16.4. The summed E-state index contributed by atoms with van der Waals surface area (Å²) in [6.07, 6.45) is 2.63. The lowest BCUT2D eigenvalue weighted by molar-refractivity contribution is -0.118. The van der Waals surface area contributed by atoms with Crippen LogP contribution in [0.25, 0.3) is 0 Å². The highest BCUT2D eigenvalue weighted by Crippen LogP contribution is 2.20. The fourth-order valence-electron chi connectivity index (χ4n) is 1.66. The highest BCUT2D eigenvalue weighted by Gasteiger charge is 2.24. The molecule has 0 radical (unpaired) electrons. The lowest BCUT2D eigenvalue weighted by Crippen LogP contribution is -2.36. The molecule has 0 aromatic carbocycles. The summed E-state index contributed by atoms with van der Waals surface area (Å²) in [5.41, 5.74) is 4.67. The molecule has 7 heteroatoms. The van der Waals surface area contributed by atoms with Gasteiger partial charge in [0.15, 0.2) is 0 Å². The van der Waals surface area contributed by atoms with Gasteiger partial charge in [-0.2, -0.15) is 0 Å². The number of aromatic nitrogens is 2. The Hall–Kier alpha value is -1.63. The third-order valence-electron chi connectivity index (χ3n) is 2.65. The number of rotatable bonds is 7. The second-order valence-corrected chi connectivity index (χ2v) is 5.31. The molecule has 0 unspecified atom stereocenters. The highest BCUT2D eigenvalue weighted by molar-refractivity contribution is 5.75. The monoisotopic (exact) mass is 253 g/mol. The Balaban J connectivity index is 1.86. The average molecular weight is 253 g/mol. The number of nitrogens with one attached hydrogen (secondary N) is 2. The summed E-state index contributed by atoms with van der Waals surface area (Å²) in [7, 11) is 0. The second-order valence-electron chi connectivity index (χ2n) is 5.31. The molecule has 1 amide bonds. The number of nitrogens with two attached hydrogens (primary N) is 1. The molecule has 1 aliphatic carbocycles. The zero-order valence-corrected chi connectivity index (χ0v) is 10.7. The van der Waals surface area contributed by atoms with Gasteiger partial charge in [0.05, 0.1) is 6.54 Å². The van der Waals surface area contributed by atoms with Crippen molar-refractivity contribution in [3.8, 4) is 0 Å².